The van der Waals surface area contributed by atoms with Crippen molar-refractivity contribution in [1.29, 1.82) is 0 Å². The highest BCUT2D eigenvalue weighted by Gasteiger charge is 2.18. The van der Waals surface area contributed by atoms with E-state index in [0.29, 0.717) is 5.78 Å². The summed E-state index contributed by atoms with van der Waals surface area (Å²) in [4.78, 5) is 11.5. The molecule has 0 radical (unpaired) electrons. The Morgan fingerprint density at radius 3 is 2.92 bits per heavy atom. The fourth-order valence-corrected chi connectivity index (χ4v) is 1.65. The molecular weight excluding hydrogens is 150 g/mol. The molecule has 1 N–H and O–H groups in total. The van der Waals surface area contributed by atoms with Crippen LogP contribution in [0.5, 0.6) is 0 Å². The lowest BCUT2D eigenvalue weighted by Gasteiger charge is -2.21. The zero-order valence-corrected chi connectivity index (χ0v) is 7.94. The first-order chi connectivity index (χ1) is 5.84. The summed E-state index contributed by atoms with van der Waals surface area (Å²) in [5, 5.41) is 3.28. The van der Waals surface area contributed by atoms with Crippen LogP contribution in [0.1, 0.15) is 45.4 Å². The first-order valence-electron chi connectivity index (χ1n) is 5.10. The van der Waals surface area contributed by atoms with Gasteiger partial charge in [0.25, 0.3) is 0 Å². The standard InChI is InChI=1S/C10H19NO/c1-2-3-7-10(12)9-6-4-5-8-11-9/h9,11H,2-8H2,1H3. The Kier molecular flexibility index (Phi) is 4.30. The fourth-order valence-electron chi connectivity index (χ4n) is 1.65. The molecule has 0 spiro atoms. The monoisotopic (exact) mass is 169 g/mol. The highest BCUT2D eigenvalue weighted by Crippen LogP contribution is 2.10. The number of hydrogen-bond donors (Lipinski definition) is 1. The van der Waals surface area contributed by atoms with Gasteiger partial charge >= 0.3 is 0 Å². The molecule has 1 rings (SSSR count). The lowest BCUT2D eigenvalue weighted by molar-refractivity contribution is -0.121. The maximum absolute atomic E-state index is 11.5. The minimum atomic E-state index is 0.185. The predicted molar refractivity (Wildman–Crippen MR) is 50.2 cm³/mol. The zero-order valence-electron chi connectivity index (χ0n) is 7.94. The highest BCUT2D eigenvalue weighted by atomic mass is 16.1. The number of rotatable bonds is 4. The molecule has 1 atom stereocenters. The van der Waals surface area contributed by atoms with Crippen LogP contribution in [0.2, 0.25) is 0 Å². The van der Waals surface area contributed by atoms with Crippen LogP contribution < -0.4 is 5.32 Å². The van der Waals surface area contributed by atoms with Crippen LogP contribution in [0.3, 0.4) is 0 Å². The quantitative estimate of drug-likeness (QED) is 0.696. The Morgan fingerprint density at radius 2 is 2.33 bits per heavy atom. The van der Waals surface area contributed by atoms with Gasteiger partial charge in [0.2, 0.25) is 0 Å². The summed E-state index contributed by atoms with van der Waals surface area (Å²) in [6.07, 6.45) is 6.46. The van der Waals surface area contributed by atoms with Gasteiger partial charge in [-0.2, -0.15) is 0 Å². The molecule has 1 aliphatic rings. The molecule has 2 heteroatoms. The predicted octanol–water partition coefficient (Wildman–Crippen LogP) is 1.89. The van der Waals surface area contributed by atoms with Crippen LogP contribution in [0.4, 0.5) is 0 Å². The number of nitrogens with one attached hydrogen (secondary N) is 1. The number of carbonyl (C=O) groups is 1. The van der Waals surface area contributed by atoms with Crippen LogP contribution in [0.25, 0.3) is 0 Å². The van der Waals surface area contributed by atoms with Gasteiger partial charge in [0.1, 0.15) is 5.78 Å². The number of unbranched alkanes of at least 4 members (excludes halogenated alkanes) is 1. The molecule has 1 saturated heterocycles. The average molecular weight is 169 g/mol. The van der Waals surface area contributed by atoms with Crippen molar-refractivity contribution < 1.29 is 4.79 Å². The van der Waals surface area contributed by atoms with E-state index < -0.39 is 0 Å². The fraction of sp³-hybridized carbons (Fsp3) is 0.900. The van der Waals surface area contributed by atoms with E-state index in [4.69, 9.17) is 0 Å². The highest BCUT2D eigenvalue weighted by molar-refractivity contribution is 5.84. The molecule has 2 nitrogen and oxygen atoms in total. The van der Waals surface area contributed by atoms with Gasteiger partial charge in [0.15, 0.2) is 0 Å². The van der Waals surface area contributed by atoms with Gasteiger partial charge in [-0.3, -0.25) is 4.79 Å². The number of Topliss-reactive ketones (excluding diaryl/α,β-unsaturated/α-hetero) is 1. The van der Waals surface area contributed by atoms with Crippen LogP contribution in [-0.4, -0.2) is 18.4 Å². The van der Waals surface area contributed by atoms with Gasteiger partial charge in [-0.1, -0.05) is 19.8 Å². The van der Waals surface area contributed by atoms with Gasteiger partial charge < -0.3 is 5.32 Å². The van der Waals surface area contributed by atoms with Crippen molar-refractivity contribution in [3.63, 3.8) is 0 Å². The van der Waals surface area contributed by atoms with Gasteiger partial charge in [-0.25, -0.2) is 0 Å². The third-order valence-electron chi connectivity index (χ3n) is 2.48. The number of hydrogen-bond acceptors (Lipinski definition) is 2. The Balaban J connectivity index is 2.20. The van der Waals surface area contributed by atoms with Crippen LogP contribution >= 0.6 is 0 Å². The molecule has 1 heterocycles. The van der Waals surface area contributed by atoms with Crippen molar-refractivity contribution in [2.24, 2.45) is 0 Å². The SMILES string of the molecule is CCCCC(=O)C1CCCCN1. The lowest BCUT2D eigenvalue weighted by atomic mass is 9.98. The summed E-state index contributed by atoms with van der Waals surface area (Å²) >= 11 is 0. The Hall–Kier alpha value is -0.370. The third-order valence-corrected chi connectivity index (χ3v) is 2.48. The molecule has 0 amide bonds. The van der Waals surface area contributed by atoms with E-state index in [-0.39, 0.29) is 6.04 Å². The molecule has 0 saturated carbocycles. The van der Waals surface area contributed by atoms with Crippen molar-refractivity contribution in [1.82, 2.24) is 5.32 Å². The van der Waals surface area contributed by atoms with Crippen molar-refractivity contribution in [3.05, 3.63) is 0 Å². The molecule has 0 aromatic rings. The summed E-state index contributed by atoms with van der Waals surface area (Å²) in [5.41, 5.74) is 0. The average Bonchev–Trinajstić information content (AvgIpc) is 2.15. The Bertz CT molecular complexity index is 139. The molecule has 1 fully saturated rings. The molecule has 1 aliphatic heterocycles. The molecule has 12 heavy (non-hydrogen) atoms. The van der Waals surface area contributed by atoms with Crippen molar-refractivity contribution in [2.75, 3.05) is 6.54 Å². The van der Waals surface area contributed by atoms with E-state index in [1.807, 2.05) is 0 Å². The topological polar surface area (TPSA) is 29.1 Å². The molecule has 0 aliphatic carbocycles. The first kappa shape index (κ1) is 9.72. The third kappa shape index (κ3) is 2.94. The summed E-state index contributed by atoms with van der Waals surface area (Å²) in [6.45, 7) is 3.16. The molecular formula is C10H19NO. The number of piperidine rings is 1. The minimum absolute atomic E-state index is 0.185. The van der Waals surface area contributed by atoms with Crippen molar-refractivity contribution >= 4 is 5.78 Å². The van der Waals surface area contributed by atoms with E-state index >= 15 is 0 Å². The van der Waals surface area contributed by atoms with Gasteiger partial charge in [0.05, 0.1) is 6.04 Å². The Labute approximate surface area is 74.7 Å². The lowest BCUT2D eigenvalue weighted by Crippen LogP contribution is -2.40. The van der Waals surface area contributed by atoms with Crippen molar-refractivity contribution in [3.8, 4) is 0 Å². The Morgan fingerprint density at radius 1 is 1.50 bits per heavy atom. The maximum Gasteiger partial charge on any atom is 0.149 e. The van der Waals surface area contributed by atoms with Gasteiger partial charge in [-0.05, 0) is 25.8 Å². The van der Waals surface area contributed by atoms with Crippen LogP contribution in [-0.2, 0) is 4.79 Å². The van der Waals surface area contributed by atoms with Gasteiger partial charge in [0, 0.05) is 6.42 Å². The van der Waals surface area contributed by atoms with Gasteiger partial charge in [-0.15, -0.1) is 0 Å². The molecule has 0 bridgehead atoms. The molecule has 1 unspecified atom stereocenters. The summed E-state index contributed by atoms with van der Waals surface area (Å²) in [5.74, 6) is 0.427. The maximum atomic E-state index is 11.5. The summed E-state index contributed by atoms with van der Waals surface area (Å²) in [7, 11) is 0. The van der Waals surface area contributed by atoms with Crippen LogP contribution in [0, 0.1) is 0 Å². The minimum Gasteiger partial charge on any atom is -0.307 e. The smallest absolute Gasteiger partial charge is 0.149 e. The second-order valence-corrected chi connectivity index (χ2v) is 3.57. The zero-order chi connectivity index (χ0) is 8.81. The van der Waals surface area contributed by atoms with Crippen LogP contribution in [0.15, 0.2) is 0 Å². The van der Waals surface area contributed by atoms with E-state index in [0.717, 1.165) is 32.2 Å². The second-order valence-electron chi connectivity index (χ2n) is 3.57. The number of carbonyl (C=O) groups excluding carboxylic acids is 1. The largest absolute Gasteiger partial charge is 0.307 e. The van der Waals surface area contributed by atoms with E-state index in [9.17, 15) is 4.79 Å². The van der Waals surface area contributed by atoms with Crippen molar-refractivity contribution in [2.45, 2.75) is 51.5 Å². The molecule has 0 aromatic heterocycles. The van der Waals surface area contributed by atoms with E-state index in [1.165, 1.54) is 12.8 Å². The van der Waals surface area contributed by atoms with E-state index in [1.54, 1.807) is 0 Å². The number of ketones is 1. The first-order valence-corrected chi connectivity index (χ1v) is 5.10. The summed E-state index contributed by atoms with van der Waals surface area (Å²) in [6, 6.07) is 0.185. The summed E-state index contributed by atoms with van der Waals surface area (Å²) < 4.78 is 0. The molecule has 0 aromatic carbocycles. The second kappa shape index (κ2) is 5.31. The molecule has 70 valence electrons. The normalized spacial score (nSPS) is 23.9. The van der Waals surface area contributed by atoms with E-state index in [2.05, 4.69) is 12.2 Å².